The number of nitrogens with zero attached hydrogens (tertiary/aromatic N) is 2. The number of aromatic nitrogens is 1. The minimum Gasteiger partial charge on any atom is -0.316 e. The molecule has 0 aromatic carbocycles. The molecule has 0 spiro atoms. The zero-order chi connectivity index (χ0) is 14.6. The maximum absolute atomic E-state index is 4.08. The van der Waals surface area contributed by atoms with Crippen molar-refractivity contribution in [3.05, 3.63) is 30.1 Å². The highest BCUT2D eigenvalue weighted by molar-refractivity contribution is 5.09. The van der Waals surface area contributed by atoms with Gasteiger partial charge in [-0.15, -0.1) is 0 Å². The maximum Gasteiger partial charge on any atom is 0.0271 e. The Morgan fingerprint density at radius 2 is 2.05 bits per heavy atom. The predicted octanol–water partition coefficient (Wildman–Crippen LogP) is 2.93. The van der Waals surface area contributed by atoms with Gasteiger partial charge in [0.1, 0.15) is 0 Å². The first-order chi connectivity index (χ1) is 9.53. The number of nitrogens with one attached hydrogen (secondary N) is 1. The van der Waals surface area contributed by atoms with E-state index in [0.717, 1.165) is 19.0 Å². The minimum absolute atomic E-state index is 0.412. The van der Waals surface area contributed by atoms with E-state index in [1.54, 1.807) is 0 Å². The molecule has 3 nitrogen and oxygen atoms in total. The third-order valence-electron chi connectivity index (χ3n) is 4.77. The number of hydrogen-bond acceptors (Lipinski definition) is 3. The van der Waals surface area contributed by atoms with Crippen LogP contribution in [0.2, 0.25) is 0 Å². The third-order valence-corrected chi connectivity index (χ3v) is 4.77. The summed E-state index contributed by atoms with van der Waals surface area (Å²) in [6, 6.07) is 4.84. The standard InChI is InChI=1S/C17H29N3/c1-17(2)9-5-6-15(16(17)18-3)13-20(4)12-14-7-10-19-11-8-14/h7-8,10-11,15-16,18H,5-6,9,12-13H2,1-4H3. The van der Waals surface area contributed by atoms with Crippen LogP contribution < -0.4 is 5.32 Å². The number of rotatable bonds is 5. The van der Waals surface area contributed by atoms with Crippen molar-refractivity contribution in [3.63, 3.8) is 0 Å². The van der Waals surface area contributed by atoms with Crippen molar-refractivity contribution < 1.29 is 0 Å². The molecular weight excluding hydrogens is 246 g/mol. The molecule has 2 unspecified atom stereocenters. The van der Waals surface area contributed by atoms with Crippen LogP contribution in [0.5, 0.6) is 0 Å². The van der Waals surface area contributed by atoms with Crippen LogP contribution in [0, 0.1) is 11.3 Å². The Balaban J connectivity index is 1.94. The summed E-state index contributed by atoms with van der Waals surface area (Å²) < 4.78 is 0. The lowest BCUT2D eigenvalue weighted by Gasteiger charge is -2.45. The Kier molecular flexibility index (Phi) is 5.17. The van der Waals surface area contributed by atoms with Gasteiger partial charge in [0.15, 0.2) is 0 Å². The molecule has 0 radical (unpaired) electrons. The van der Waals surface area contributed by atoms with Gasteiger partial charge >= 0.3 is 0 Å². The van der Waals surface area contributed by atoms with E-state index < -0.39 is 0 Å². The highest BCUT2D eigenvalue weighted by Gasteiger charge is 2.38. The molecule has 0 aliphatic heterocycles. The van der Waals surface area contributed by atoms with Crippen LogP contribution in [0.25, 0.3) is 0 Å². The summed E-state index contributed by atoms with van der Waals surface area (Å²) in [7, 11) is 4.35. The monoisotopic (exact) mass is 275 g/mol. The molecule has 2 rings (SSSR count). The summed E-state index contributed by atoms with van der Waals surface area (Å²) in [5.41, 5.74) is 1.76. The van der Waals surface area contributed by atoms with Gasteiger partial charge in [0.25, 0.3) is 0 Å². The van der Waals surface area contributed by atoms with Crippen LogP contribution in [0.1, 0.15) is 38.7 Å². The van der Waals surface area contributed by atoms with Crippen molar-refractivity contribution in [1.82, 2.24) is 15.2 Å². The van der Waals surface area contributed by atoms with Crippen molar-refractivity contribution in [2.24, 2.45) is 11.3 Å². The van der Waals surface area contributed by atoms with Crippen molar-refractivity contribution in [2.75, 3.05) is 20.6 Å². The molecule has 112 valence electrons. The molecule has 1 fully saturated rings. The molecule has 0 bridgehead atoms. The molecule has 1 heterocycles. The van der Waals surface area contributed by atoms with Gasteiger partial charge in [-0.25, -0.2) is 0 Å². The maximum atomic E-state index is 4.08. The van der Waals surface area contributed by atoms with Gasteiger partial charge in [0.05, 0.1) is 0 Å². The fraction of sp³-hybridized carbons (Fsp3) is 0.706. The van der Waals surface area contributed by atoms with E-state index in [9.17, 15) is 0 Å². The second-order valence-electron chi connectivity index (χ2n) is 6.96. The topological polar surface area (TPSA) is 28.2 Å². The van der Waals surface area contributed by atoms with Crippen LogP contribution in [0.15, 0.2) is 24.5 Å². The molecule has 0 saturated heterocycles. The molecule has 3 heteroatoms. The van der Waals surface area contributed by atoms with Gasteiger partial charge in [0.2, 0.25) is 0 Å². The molecule has 20 heavy (non-hydrogen) atoms. The van der Waals surface area contributed by atoms with Gasteiger partial charge in [-0.3, -0.25) is 4.98 Å². The van der Waals surface area contributed by atoms with Gasteiger partial charge in [-0.2, -0.15) is 0 Å². The summed E-state index contributed by atoms with van der Waals surface area (Å²) in [4.78, 5) is 6.53. The molecule has 1 aliphatic carbocycles. The second-order valence-corrected chi connectivity index (χ2v) is 6.96. The molecule has 1 aliphatic rings. The van der Waals surface area contributed by atoms with E-state index in [1.807, 2.05) is 12.4 Å². The van der Waals surface area contributed by atoms with Crippen molar-refractivity contribution >= 4 is 0 Å². The van der Waals surface area contributed by atoms with E-state index in [4.69, 9.17) is 0 Å². The van der Waals surface area contributed by atoms with E-state index in [1.165, 1.54) is 24.8 Å². The molecule has 0 amide bonds. The lowest BCUT2D eigenvalue weighted by Crippen LogP contribution is -2.51. The second kappa shape index (κ2) is 6.68. The Labute approximate surface area is 123 Å². The third kappa shape index (κ3) is 3.80. The van der Waals surface area contributed by atoms with Crippen LogP contribution in [-0.2, 0) is 6.54 Å². The summed E-state index contributed by atoms with van der Waals surface area (Å²) in [5.74, 6) is 0.746. The van der Waals surface area contributed by atoms with Crippen LogP contribution >= 0.6 is 0 Å². The molecule has 1 aromatic heterocycles. The van der Waals surface area contributed by atoms with Gasteiger partial charge in [-0.05, 0) is 56.0 Å². The van der Waals surface area contributed by atoms with Gasteiger partial charge < -0.3 is 10.2 Å². The SMILES string of the molecule is CNC1C(CN(C)Cc2ccncc2)CCCC1(C)C. The van der Waals surface area contributed by atoms with Crippen LogP contribution in [0.3, 0.4) is 0 Å². The van der Waals surface area contributed by atoms with E-state index in [2.05, 4.69) is 55.3 Å². The predicted molar refractivity (Wildman–Crippen MR) is 84.5 cm³/mol. The Hall–Kier alpha value is -0.930. The average Bonchev–Trinajstić information content (AvgIpc) is 2.39. The Morgan fingerprint density at radius 1 is 1.35 bits per heavy atom. The van der Waals surface area contributed by atoms with Crippen LogP contribution in [-0.4, -0.2) is 36.6 Å². The molecule has 1 N–H and O–H groups in total. The fourth-order valence-corrected chi connectivity index (χ4v) is 3.87. The molecular formula is C17H29N3. The summed E-state index contributed by atoms with van der Waals surface area (Å²) in [5, 5.41) is 3.58. The first-order valence-corrected chi connectivity index (χ1v) is 7.77. The Bertz CT molecular complexity index is 402. The summed E-state index contributed by atoms with van der Waals surface area (Å²) >= 11 is 0. The average molecular weight is 275 g/mol. The van der Waals surface area contributed by atoms with E-state index >= 15 is 0 Å². The molecule has 2 atom stereocenters. The normalized spacial score (nSPS) is 25.9. The zero-order valence-electron chi connectivity index (χ0n) is 13.4. The fourth-order valence-electron chi connectivity index (χ4n) is 3.87. The van der Waals surface area contributed by atoms with E-state index in [0.29, 0.717) is 11.5 Å². The quantitative estimate of drug-likeness (QED) is 0.895. The number of hydrogen-bond donors (Lipinski definition) is 1. The summed E-state index contributed by atoms with van der Waals surface area (Å²) in [6.07, 6.45) is 7.80. The largest absolute Gasteiger partial charge is 0.316 e. The number of pyridine rings is 1. The molecule has 1 aromatic rings. The first kappa shape index (κ1) is 15.5. The molecule has 1 saturated carbocycles. The zero-order valence-corrected chi connectivity index (χ0v) is 13.4. The van der Waals surface area contributed by atoms with E-state index in [-0.39, 0.29) is 0 Å². The lowest BCUT2D eigenvalue weighted by molar-refractivity contribution is 0.0888. The highest BCUT2D eigenvalue weighted by atomic mass is 15.1. The van der Waals surface area contributed by atoms with Crippen molar-refractivity contribution in [3.8, 4) is 0 Å². The van der Waals surface area contributed by atoms with Crippen LogP contribution in [0.4, 0.5) is 0 Å². The van der Waals surface area contributed by atoms with Crippen molar-refractivity contribution in [1.29, 1.82) is 0 Å². The highest BCUT2D eigenvalue weighted by Crippen LogP contribution is 2.39. The summed E-state index contributed by atoms with van der Waals surface area (Å²) in [6.45, 7) is 6.99. The lowest BCUT2D eigenvalue weighted by atomic mass is 9.68. The van der Waals surface area contributed by atoms with Gasteiger partial charge in [0, 0.05) is 31.5 Å². The minimum atomic E-state index is 0.412. The smallest absolute Gasteiger partial charge is 0.0271 e. The van der Waals surface area contributed by atoms with Gasteiger partial charge in [-0.1, -0.05) is 20.3 Å². The Morgan fingerprint density at radius 3 is 2.70 bits per heavy atom. The van der Waals surface area contributed by atoms with Crippen molar-refractivity contribution in [2.45, 2.75) is 45.7 Å². The first-order valence-electron chi connectivity index (χ1n) is 7.77.